The van der Waals surface area contributed by atoms with Crippen LogP contribution in [0.3, 0.4) is 0 Å². The van der Waals surface area contributed by atoms with E-state index in [1.54, 1.807) is 6.20 Å². The lowest BCUT2D eigenvalue weighted by Gasteiger charge is -2.09. The molecule has 2 aromatic carbocycles. The highest BCUT2D eigenvalue weighted by Crippen LogP contribution is 2.22. The van der Waals surface area contributed by atoms with Gasteiger partial charge in [0.25, 0.3) is 5.91 Å². The minimum atomic E-state index is -0.920. The number of para-hydroxylation sites is 1. The van der Waals surface area contributed by atoms with Gasteiger partial charge in [-0.3, -0.25) is 14.6 Å². The summed E-state index contributed by atoms with van der Waals surface area (Å²) >= 11 is 0. The van der Waals surface area contributed by atoms with Crippen LogP contribution in [0, 0.1) is 11.6 Å². The molecule has 0 saturated carbocycles. The normalized spacial score (nSPS) is 10.6. The van der Waals surface area contributed by atoms with Crippen molar-refractivity contribution in [3.05, 3.63) is 71.9 Å². The van der Waals surface area contributed by atoms with Crippen molar-refractivity contribution in [3.63, 3.8) is 0 Å². The van der Waals surface area contributed by atoms with Gasteiger partial charge in [0.2, 0.25) is 5.91 Å². The van der Waals surface area contributed by atoms with Crippen molar-refractivity contribution in [1.29, 1.82) is 0 Å². The molecular formula is C23H23F2N3O3. The third-order valence-electron chi connectivity index (χ3n) is 4.54. The number of nitrogens with zero attached hydrogens (tertiary/aromatic N) is 1. The molecule has 0 aliphatic rings. The molecular weight excluding hydrogens is 404 g/mol. The number of rotatable bonds is 10. The molecule has 0 aliphatic carbocycles. The first-order valence-corrected chi connectivity index (χ1v) is 10.0. The molecule has 0 fully saturated rings. The first kappa shape index (κ1) is 22.1. The van der Waals surface area contributed by atoms with Crippen molar-refractivity contribution >= 4 is 22.7 Å². The summed E-state index contributed by atoms with van der Waals surface area (Å²) in [6.07, 6.45) is 2.97. The number of halogens is 2. The monoisotopic (exact) mass is 427 g/mol. The Morgan fingerprint density at radius 3 is 2.61 bits per heavy atom. The molecule has 0 unspecified atom stereocenters. The lowest BCUT2D eigenvalue weighted by molar-refractivity contribution is -0.121. The zero-order chi connectivity index (χ0) is 22.1. The van der Waals surface area contributed by atoms with Gasteiger partial charge < -0.3 is 15.4 Å². The van der Waals surface area contributed by atoms with E-state index in [1.165, 1.54) is 0 Å². The third-order valence-corrected chi connectivity index (χ3v) is 4.54. The summed E-state index contributed by atoms with van der Waals surface area (Å²) in [5.74, 6) is -1.74. The second-order valence-electron chi connectivity index (χ2n) is 6.87. The van der Waals surface area contributed by atoms with Gasteiger partial charge >= 0.3 is 0 Å². The number of carbonyl (C=O) groups is 2. The fourth-order valence-corrected chi connectivity index (χ4v) is 2.98. The van der Waals surface area contributed by atoms with Crippen molar-refractivity contribution in [1.82, 2.24) is 15.6 Å². The Hall–Kier alpha value is -3.55. The predicted molar refractivity (Wildman–Crippen MR) is 113 cm³/mol. The molecule has 0 saturated heterocycles. The van der Waals surface area contributed by atoms with Gasteiger partial charge in [0, 0.05) is 37.2 Å². The Morgan fingerprint density at radius 1 is 0.968 bits per heavy atom. The maximum absolute atomic E-state index is 13.5. The molecule has 0 aliphatic heterocycles. The quantitative estimate of drug-likeness (QED) is 0.485. The van der Waals surface area contributed by atoms with Crippen LogP contribution in [-0.4, -0.2) is 36.5 Å². The van der Waals surface area contributed by atoms with Gasteiger partial charge in [-0.25, -0.2) is 8.78 Å². The highest BCUT2D eigenvalue weighted by Gasteiger charge is 2.12. The molecule has 31 heavy (non-hydrogen) atoms. The SMILES string of the molecule is O=C(CCCNC(=O)c1ccc(F)cc1F)NCCCOc1cccc2cccnc12. The number of amides is 2. The molecule has 0 atom stereocenters. The van der Waals surface area contributed by atoms with Crippen LogP contribution < -0.4 is 15.4 Å². The Bertz CT molecular complexity index is 1050. The van der Waals surface area contributed by atoms with E-state index in [2.05, 4.69) is 15.6 Å². The Morgan fingerprint density at radius 2 is 1.77 bits per heavy atom. The van der Waals surface area contributed by atoms with Crippen LogP contribution in [-0.2, 0) is 4.79 Å². The molecule has 1 aromatic heterocycles. The first-order valence-electron chi connectivity index (χ1n) is 10.0. The topological polar surface area (TPSA) is 80.3 Å². The second-order valence-corrected chi connectivity index (χ2v) is 6.87. The van der Waals surface area contributed by atoms with Crippen molar-refractivity contribution in [3.8, 4) is 5.75 Å². The average molecular weight is 427 g/mol. The minimum Gasteiger partial charge on any atom is -0.491 e. The van der Waals surface area contributed by atoms with E-state index in [-0.39, 0.29) is 24.4 Å². The number of hydrogen-bond donors (Lipinski definition) is 2. The van der Waals surface area contributed by atoms with Crippen LogP contribution >= 0.6 is 0 Å². The number of carbonyl (C=O) groups excluding carboxylic acids is 2. The number of aromatic nitrogens is 1. The molecule has 1 heterocycles. The summed E-state index contributed by atoms with van der Waals surface area (Å²) in [5.41, 5.74) is 0.573. The van der Waals surface area contributed by atoms with Crippen molar-refractivity contribution < 1.29 is 23.1 Å². The lowest BCUT2D eigenvalue weighted by Crippen LogP contribution is -2.28. The van der Waals surface area contributed by atoms with Crippen LogP contribution in [0.15, 0.2) is 54.7 Å². The van der Waals surface area contributed by atoms with Gasteiger partial charge in [-0.1, -0.05) is 18.2 Å². The summed E-state index contributed by atoms with van der Waals surface area (Å²) in [4.78, 5) is 28.1. The number of fused-ring (bicyclic) bond motifs is 1. The van der Waals surface area contributed by atoms with E-state index in [0.29, 0.717) is 37.8 Å². The number of benzene rings is 2. The second kappa shape index (κ2) is 11.0. The summed E-state index contributed by atoms with van der Waals surface area (Å²) in [7, 11) is 0. The number of hydrogen-bond acceptors (Lipinski definition) is 4. The zero-order valence-electron chi connectivity index (χ0n) is 16.9. The lowest BCUT2D eigenvalue weighted by atomic mass is 10.2. The van der Waals surface area contributed by atoms with Gasteiger partial charge in [-0.05, 0) is 37.1 Å². The van der Waals surface area contributed by atoms with E-state index < -0.39 is 17.5 Å². The highest BCUT2D eigenvalue weighted by atomic mass is 19.1. The number of nitrogens with one attached hydrogen (secondary N) is 2. The van der Waals surface area contributed by atoms with Crippen molar-refractivity contribution in [2.45, 2.75) is 19.3 Å². The van der Waals surface area contributed by atoms with Gasteiger partial charge in [0.15, 0.2) is 0 Å². The van der Waals surface area contributed by atoms with E-state index in [9.17, 15) is 18.4 Å². The maximum Gasteiger partial charge on any atom is 0.254 e. The van der Waals surface area contributed by atoms with Crippen LogP contribution in [0.4, 0.5) is 8.78 Å². The molecule has 0 spiro atoms. The molecule has 2 amide bonds. The maximum atomic E-state index is 13.5. The Labute approximate surface area is 178 Å². The van der Waals surface area contributed by atoms with Crippen molar-refractivity contribution in [2.75, 3.05) is 19.7 Å². The van der Waals surface area contributed by atoms with Gasteiger partial charge in [-0.15, -0.1) is 0 Å². The zero-order valence-corrected chi connectivity index (χ0v) is 16.9. The standard InChI is InChI=1S/C23H23F2N3O3/c24-17-9-10-18(19(25)15-17)23(30)28-12-3-8-21(29)26-13-4-14-31-20-7-1-5-16-6-2-11-27-22(16)20/h1-2,5-7,9-11,15H,3-4,8,12-14H2,(H,26,29)(H,28,30). The molecule has 8 heteroatoms. The minimum absolute atomic E-state index is 0.144. The molecule has 2 N–H and O–H groups in total. The number of ether oxygens (including phenoxy) is 1. The van der Waals surface area contributed by atoms with E-state index in [4.69, 9.17) is 4.74 Å². The summed E-state index contributed by atoms with van der Waals surface area (Å²) in [5, 5.41) is 6.31. The number of pyridine rings is 1. The molecule has 3 rings (SSSR count). The fourth-order valence-electron chi connectivity index (χ4n) is 2.98. The molecule has 0 radical (unpaired) electrons. The summed E-state index contributed by atoms with van der Waals surface area (Å²) < 4.78 is 32.2. The van der Waals surface area contributed by atoms with Crippen molar-refractivity contribution in [2.24, 2.45) is 0 Å². The Kier molecular flexibility index (Phi) is 7.86. The summed E-state index contributed by atoms with van der Waals surface area (Å²) in [6.45, 7) is 1.11. The van der Waals surface area contributed by atoms with Gasteiger partial charge in [-0.2, -0.15) is 0 Å². The van der Waals surface area contributed by atoms with Crippen LogP contribution in [0.1, 0.15) is 29.6 Å². The molecule has 0 bridgehead atoms. The molecule has 6 nitrogen and oxygen atoms in total. The molecule has 162 valence electrons. The largest absolute Gasteiger partial charge is 0.491 e. The summed E-state index contributed by atoms with van der Waals surface area (Å²) in [6, 6.07) is 12.3. The fraction of sp³-hybridized carbons (Fsp3) is 0.261. The first-order chi connectivity index (χ1) is 15.0. The van der Waals surface area contributed by atoms with E-state index in [1.807, 2.05) is 30.3 Å². The highest BCUT2D eigenvalue weighted by molar-refractivity contribution is 5.94. The molecule has 3 aromatic rings. The Balaban J connectivity index is 1.29. The van der Waals surface area contributed by atoms with Crippen LogP contribution in [0.2, 0.25) is 0 Å². The van der Waals surface area contributed by atoms with E-state index >= 15 is 0 Å². The van der Waals surface area contributed by atoms with Gasteiger partial charge in [0.1, 0.15) is 22.9 Å². The van der Waals surface area contributed by atoms with Gasteiger partial charge in [0.05, 0.1) is 12.2 Å². The van der Waals surface area contributed by atoms with E-state index in [0.717, 1.165) is 23.0 Å². The third kappa shape index (κ3) is 6.47. The average Bonchev–Trinajstić information content (AvgIpc) is 2.76. The predicted octanol–water partition coefficient (Wildman–Crippen LogP) is 3.61. The smallest absolute Gasteiger partial charge is 0.254 e. The van der Waals surface area contributed by atoms with Crippen LogP contribution in [0.5, 0.6) is 5.75 Å². The van der Waals surface area contributed by atoms with Crippen LogP contribution in [0.25, 0.3) is 10.9 Å².